The van der Waals surface area contributed by atoms with Crippen molar-refractivity contribution in [1.82, 2.24) is 5.32 Å². The Kier molecular flexibility index (Phi) is 6.09. The number of nitrogens with zero attached hydrogens (tertiary/aromatic N) is 2. The molecule has 0 aliphatic carbocycles. The van der Waals surface area contributed by atoms with Crippen molar-refractivity contribution in [2.24, 2.45) is 5.92 Å². The zero-order valence-corrected chi connectivity index (χ0v) is 18.8. The number of hydrogen-bond donors (Lipinski definition) is 1. The number of ether oxygens (including phenoxy) is 3. The Balaban J connectivity index is 1.20. The van der Waals surface area contributed by atoms with Gasteiger partial charge >= 0.3 is 0 Å². The fourth-order valence-corrected chi connectivity index (χ4v) is 4.54. The first-order chi connectivity index (χ1) is 16.1. The second-order valence-electron chi connectivity index (χ2n) is 8.65. The maximum Gasteiger partial charge on any atom is 0.227 e. The van der Waals surface area contributed by atoms with Crippen LogP contribution in [0.2, 0.25) is 0 Å². The van der Waals surface area contributed by atoms with Gasteiger partial charge in [0.05, 0.1) is 25.2 Å². The van der Waals surface area contributed by atoms with E-state index in [2.05, 4.69) is 34.5 Å². The van der Waals surface area contributed by atoms with E-state index < -0.39 is 0 Å². The topological polar surface area (TPSA) is 80.3 Å². The van der Waals surface area contributed by atoms with Gasteiger partial charge in [-0.25, -0.2) is 0 Å². The van der Waals surface area contributed by atoms with Gasteiger partial charge in [-0.2, -0.15) is 0 Å². The molecule has 8 nitrogen and oxygen atoms in total. The number of nitrogens with one attached hydrogen (secondary N) is 1. The van der Waals surface area contributed by atoms with Crippen molar-refractivity contribution < 1.29 is 23.8 Å². The summed E-state index contributed by atoms with van der Waals surface area (Å²) in [7, 11) is 0. The van der Waals surface area contributed by atoms with Crippen LogP contribution in [0.15, 0.2) is 42.5 Å². The number of carbonyl (C=O) groups is 2. The van der Waals surface area contributed by atoms with Crippen LogP contribution < -0.4 is 24.6 Å². The van der Waals surface area contributed by atoms with Crippen LogP contribution in [0, 0.1) is 5.92 Å². The van der Waals surface area contributed by atoms with Crippen LogP contribution in [0.4, 0.5) is 11.4 Å². The second-order valence-corrected chi connectivity index (χ2v) is 8.65. The van der Waals surface area contributed by atoms with E-state index in [0.29, 0.717) is 31.3 Å². The smallest absolute Gasteiger partial charge is 0.227 e. The second kappa shape index (κ2) is 9.31. The van der Waals surface area contributed by atoms with Gasteiger partial charge in [0.15, 0.2) is 11.5 Å². The standard InChI is InChI=1S/C25H29N3O5/c1-17(18-2-4-20(5-3-18)27-8-10-31-11-9-27)26-25(30)19-14-24(29)28(16-19)21-6-7-22-23(15-21)33-13-12-32-22/h2-7,15,17,19H,8-14,16H2,1H3,(H,26,30). The Morgan fingerprint density at radius 3 is 2.42 bits per heavy atom. The van der Waals surface area contributed by atoms with E-state index in [0.717, 1.165) is 43.2 Å². The Bertz CT molecular complexity index is 1020. The normalized spacial score (nSPS) is 21.1. The van der Waals surface area contributed by atoms with Crippen LogP contribution in [0.25, 0.3) is 0 Å². The lowest BCUT2D eigenvalue weighted by atomic mass is 10.0. The summed E-state index contributed by atoms with van der Waals surface area (Å²) in [6.45, 7) is 6.60. The fraction of sp³-hybridized carbons (Fsp3) is 0.440. The molecule has 5 rings (SSSR count). The van der Waals surface area contributed by atoms with Crippen LogP contribution in [0.1, 0.15) is 24.9 Å². The van der Waals surface area contributed by atoms with Gasteiger partial charge in [-0.15, -0.1) is 0 Å². The van der Waals surface area contributed by atoms with E-state index >= 15 is 0 Å². The van der Waals surface area contributed by atoms with Crippen LogP contribution in [0.5, 0.6) is 11.5 Å². The Hall–Kier alpha value is -3.26. The van der Waals surface area contributed by atoms with Crippen molar-refractivity contribution in [1.29, 1.82) is 0 Å². The van der Waals surface area contributed by atoms with Gasteiger partial charge < -0.3 is 29.3 Å². The molecule has 1 N–H and O–H groups in total. The summed E-state index contributed by atoms with van der Waals surface area (Å²) >= 11 is 0. The molecule has 2 atom stereocenters. The molecule has 2 unspecified atom stereocenters. The molecule has 2 aromatic carbocycles. The van der Waals surface area contributed by atoms with Crippen molar-refractivity contribution in [3.8, 4) is 11.5 Å². The van der Waals surface area contributed by atoms with E-state index in [1.807, 2.05) is 25.1 Å². The number of hydrogen-bond acceptors (Lipinski definition) is 6. The highest BCUT2D eigenvalue weighted by atomic mass is 16.6. The van der Waals surface area contributed by atoms with Crippen LogP contribution in [-0.2, 0) is 14.3 Å². The molecular formula is C25H29N3O5. The summed E-state index contributed by atoms with van der Waals surface area (Å²) in [5, 5.41) is 3.08. The summed E-state index contributed by atoms with van der Waals surface area (Å²) in [6.07, 6.45) is 0.197. The lowest BCUT2D eigenvalue weighted by molar-refractivity contribution is -0.126. The number of carbonyl (C=O) groups excluding carboxylic acids is 2. The molecular weight excluding hydrogens is 422 g/mol. The highest BCUT2D eigenvalue weighted by Crippen LogP contribution is 2.36. The average molecular weight is 452 g/mol. The van der Waals surface area contributed by atoms with Gasteiger partial charge in [-0.1, -0.05) is 12.1 Å². The minimum Gasteiger partial charge on any atom is -0.486 e. The average Bonchev–Trinajstić information content (AvgIpc) is 3.26. The van der Waals surface area contributed by atoms with Gasteiger partial charge in [0.2, 0.25) is 11.8 Å². The van der Waals surface area contributed by atoms with Crippen LogP contribution in [-0.4, -0.2) is 57.9 Å². The lowest BCUT2D eigenvalue weighted by Gasteiger charge is -2.29. The van der Waals surface area contributed by atoms with Crippen molar-refractivity contribution >= 4 is 23.2 Å². The zero-order valence-electron chi connectivity index (χ0n) is 18.8. The SMILES string of the molecule is CC(NC(=O)C1CC(=O)N(c2ccc3c(c2)OCCO3)C1)c1ccc(N2CCOCC2)cc1. The molecule has 2 amide bonds. The largest absolute Gasteiger partial charge is 0.486 e. The molecule has 3 aliphatic heterocycles. The zero-order chi connectivity index (χ0) is 22.8. The minimum atomic E-state index is -0.388. The molecule has 2 fully saturated rings. The first-order valence-corrected chi connectivity index (χ1v) is 11.5. The summed E-state index contributed by atoms with van der Waals surface area (Å²) in [5.41, 5.74) is 2.93. The fourth-order valence-electron chi connectivity index (χ4n) is 4.54. The lowest BCUT2D eigenvalue weighted by Crippen LogP contribution is -2.36. The van der Waals surface area contributed by atoms with Crippen molar-refractivity contribution in [2.45, 2.75) is 19.4 Å². The molecule has 0 radical (unpaired) electrons. The van der Waals surface area contributed by atoms with Crippen molar-refractivity contribution in [3.63, 3.8) is 0 Å². The van der Waals surface area contributed by atoms with Gasteiger partial charge in [-0.05, 0) is 36.8 Å². The third-order valence-corrected chi connectivity index (χ3v) is 6.46. The van der Waals surface area contributed by atoms with Crippen molar-refractivity contribution in [2.75, 3.05) is 55.9 Å². The maximum atomic E-state index is 12.9. The quantitative estimate of drug-likeness (QED) is 0.753. The number of benzene rings is 2. The number of rotatable bonds is 5. The number of fused-ring (bicyclic) bond motifs is 1. The molecule has 2 saturated heterocycles. The third-order valence-electron chi connectivity index (χ3n) is 6.46. The predicted octanol–water partition coefficient (Wildman–Crippen LogP) is 2.52. The molecule has 2 aromatic rings. The first-order valence-electron chi connectivity index (χ1n) is 11.5. The molecule has 0 bridgehead atoms. The Labute approximate surface area is 193 Å². The molecule has 3 aliphatic rings. The molecule has 33 heavy (non-hydrogen) atoms. The summed E-state index contributed by atoms with van der Waals surface area (Å²) in [6, 6.07) is 13.6. The van der Waals surface area contributed by atoms with Gasteiger partial charge in [0.1, 0.15) is 13.2 Å². The maximum absolute atomic E-state index is 12.9. The molecule has 0 aromatic heterocycles. The monoisotopic (exact) mass is 451 g/mol. The molecule has 0 saturated carbocycles. The molecule has 0 spiro atoms. The summed E-state index contributed by atoms with van der Waals surface area (Å²) in [4.78, 5) is 29.6. The third kappa shape index (κ3) is 4.61. The van der Waals surface area contributed by atoms with Crippen molar-refractivity contribution in [3.05, 3.63) is 48.0 Å². The van der Waals surface area contributed by atoms with Gasteiger partial charge in [0.25, 0.3) is 0 Å². The number of morpholine rings is 1. The van der Waals surface area contributed by atoms with Crippen LogP contribution in [0.3, 0.4) is 0 Å². The first kappa shape index (κ1) is 21.6. The van der Waals surface area contributed by atoms with Gasteiger partial charge in [0, 0.05) is 43.5 Å². The van der Waals surface area contributed by atoms with Crippen LogP contribution >= 0.6 is 0 Å². The number of amides is 2. The minimum absolute atomic E-state index is 0.0608. The van der Waals surface area contributed by atoms with Gasteiger partial charge in [-0.3, -0.25) is 9.59 Å². The Morgan fingerprint density at radius 2 is 1.67 bits per heavy atom. The van der Waals surface area contributed by atoms with E-state index in [4.69, 9.17) is 14.2 Å². The summed E-state index contributed by atoms with van der Waals surface area (Å²) < 4.78 is 16.6. The van der Waals surface area contributed by atoms with E-state index in [1.54, 1.807) is 4.90 Å². The number of anilines is 2. The van der Waals surface area contributed by atoms with E-state index in [-0.39, 0.29) is 30.2 Å². The van der Waals surface area contributed by atoms with E-state index in [9.17, 15) is 9.59 Å². The highest BCUT2D eigenvalue weighted by Gasteiger charge is 2.36. The molecule has 8 heteroatoms. The predicted molar refractivity (Wildman–Crippen MR) is 124 cm³/mol. The Morgan fingerprint density at radius 1 is 0.970 bits per heavy atom. The molecule has 174 valence electrons. The van der Waals surface area contributed by atoms with E-state index in [1.165, 1.54) is 0 Å². The summed E-state index contributed by atoms with van der Waals surface area (Å²) in [5.74, 6) is 0.760. The molecule has 3 heterocycles. The highest BCUT2D eigenvalue weighted by molar-refractivity contribution is 6.00.